The normalized spacial score (nSPS) is 20.0. The predicted octanol–water partition coefficient (Wildman–Crippen LogP) is -2.33. The highest BCUT2D eigenvalue weighted by Gasteiger charge is 2.54. The highest BCUT2D eigenvalue weighted by Crippen LogP contribution is 2.24. The van der Waals surface area contributed by atoms with Crippen molar-refractivity contribution >= 4 is 50.4 Å². The number of oxime groups is 1. The molecular formula is C11H14N6O8S2. The average molecular weight is 422 g/mol. The number of β-lactam (4-membered cyclic amide) rings is 1. The molecule has 0 saturated carbocycles. The molecule has 0 bridgehead atoms. The zero-order valence-corrected chi connectivity index (χ0v) is 15.2. The summed E-state index contributed by atoms with van der Waals surface area (Å²) >= 11 is 1.02. The minimum Gasteiger partial charge on any atom is -0.447 e. The SMILES string of the molecule is CON=C(C(=O)N[C@@H]1C(=O)N(S(=O)(=O)O)[C@@H]1COC(N)=O)c1csc(N)n1. The van der Waals surface area contributed by atoms with Gasteiger partial charge >= 0.3 is 16.4 Å². The number of nitrogens with two attached hydrogens (primary N) is 2. The number of hydrogen-bond acceptors (Lipinski definition) is 11. The molecule has 0 unspecified atom stereocenters. The monoisotopic (exact) mass is 422 g/mol. The standard InChI is InChI=1S/C11H14N6O8S2/c1-24-16-6(4-3-26-10(12)14-4)8(18)15-7-5(2-25-11(13)20)17(9(7)19)27(21,22)23/h3,5,7H,2H2,1H3,(H2,12,14)(H2,13,20)(H,15,18)(H,21,22,23)/t5-,7+/m1/s1. The summed E-state index contributed by atoms with van der Waals surface area (Å²) in [5, 5.41) is 7.27. The van der Waals surface area contributed by atoms with Gasteiger partial charge in [-0.25, -0.2) is 14.1 Å². The van der Waals surface area contributed by atoms with Gasteiger partial charge in [-0.1, -0.05) is 5.16 Å². The Morgan fingerprint density at radius 3 is 2.67 bits per heavy atom. The van der Waals surface area contributed by atoms with E-state index in [1.165, 1.54) is 12.5 Å². The molecule has 0 spiro atoms. The topological polar surface area (TPSA) is 217 Å². The van der Waals surface area contributed by atoms with Crippen LogP contribution in [0.25, 0.3) is 0 Å². The molecule has 2 rings (SSSR count). The molecule has 2 heterocycles. The number of amides is 3. The number of carbonyl (C=O) groups is 3. The number of ether oxygens (including phenoxy) is 1. The number of primary amides is 1. The Hall–Kier alpha value is -2.98. The lowest BCUT2D eigenvalue weighted by Crippen LogP contribution is -2.73. The molecule has 14 nitrogen and oxygen atoms in total. The van der Waals surface area contributed by atoms with E-state index in [2.05, 4.69) is 25.0 Å². The van der Waals surface area contributed by atoms with E-state index in [4.69, 9.17) is 16.0 Å². The summed E-state index contributed by atoms with van der Waals surface area (Å²) < 4.78 is 36.2. The van der Waals surface area contributed by atoms with E-state index in [-0.39, 0.29) is 20.8 Å². The van der Waals surface area contributed by atoms with Gasteiger partial charge in [0.25, 0.3) is 11.8 Å². The zero-order valence-electron chi connectivity index (χ0n) is 13.6. The minimum absolute atomic E-state index is 0.0504. The first-order chi connectivity index (χ1) is 12.6. The third kappa shape index (κ3) is 4.41. The van der Waals surface area contributed by atoms with Crippen molar-refractivity contribution < 1.29 is 36.9 Å². The second-order valence-corrected chi connectivity index (χ2v) is 7.13. The lowest BCUT2D eigenvalue weighted by molar-refractivity contribution is -0.146. The number of carbonyl (C=O) groups excluding carboxylic acids is 3. The smallest absolute Gasteiger partial charge is 0.404 e. The van der Waals surface area contributed by atoms with Gasteiger partial charge in [-0.05, 0) is 0 Å². The Labute approximate surface area is 156 Å². The average Bonchev–Trinajstić information content (AvgIpc) is 2.98. The third-order valence-electron chi connectivity index (χ3n) is 3.26. The minimum atomic E-state index is -4.94. The summed E-state index contributed by atoms with van der Waals surface area (Å²) in [5.74, 6) is -2.10. The summed E-state index contributed by atoms with van der Waals surface area (Å²) in [6.07, 6.45) is -1.24. The van der Waals surface area contributed by atoms with Crippen molar-refractivity contribution in [3.05, 3.63) is 11.1 Å². The Bertz CT molecular complexity index is 896. The van der Waals surface area contributed by atoms with Crippen molar-refractivity contribution in [1.82, 2.24) is 14.6 Å². The molecule has 1 aliphatic rings. The summed E-state index contributed by atoms with van der Waals surface area (Å²) in [7, 11) is -3.77. The van der Waals surface area contributed by atoms with Gasteiger partial charge in [0.1, 0.15) is 31.5 Å². The molecule has 27 heavy (non-hydrogen) atoms. The lowest BCUT2D eigenvalue weighted by Gasteiger charge is -2.43. The molecule has 1 fully saturated rings. The Balaban J connectivity index is 2.22. The van der Waals surface area contributed by atoms with Gasteiger partial charge in [-0.3, -0.25) is 14.1 Å². The van der Waals surface area contributed by atoms with Crippen molar-refractivity contribution in [1.29, 1.82) is 0 Å². The zero-order chi connectivity index (χ0) is 20.4. The van der Waals surface area contributed by atoms with Crippen LogP contribution in [0.15, 0.2) is 10.5 Å². The summed E-state index contributed by atoms with van der Waals surface area (Å²) in [6.45, 7) is -0.688. The number of thiazole rings is 1. The fourth-order valence-corrected chi connectivity index (χ4v) is 3.61. The van der Waals surface area contributed by atoms with Crippen LogP contribution < -0.4 is 16.8 Å². The van der Waals surface area contributed by atoms with Crippen LogP contribution in [-0.4, -0.2) is 71.7 Å². The molecule has 0 aliphatic carbocycles. The Morgan fingerprint density at radius 1 is 1.52 bits per heavy atom. The second kappa shape index (κ2) is 7.72. The first kappa shape index (κ1) is 20.3. The van der Waals surface area contributed by atoms with Crippen LogP contribution in [0.3, 0.4) is 0 Å². The first-order valence-electron chi connectivity index (χ1n) is 6.92. The van der Waals surface area contributed by atoms with E-state index >= 15 is 0 Å². The third-order valence-corrected chi connectivity index (χ3v) is 4.88. The number of hydrogen-bond donors (Lipinski definition) is 4. The summed E-state index contributed by atoms with van der Waals surface area (Å²) in [5.41, 5.74) is 10.0. The van der Waals surface area contributed by atoms with Gasteiger partial charge in [0.2, 0.25) is 0 Å². The maximum Gasteiger partial charge on any atom is 0.404 e. The van der Waals surface area contributed by atoms with E-state index in [9.17, 15) is 22.8 Å². The molecule has 1 aromatic rings. The largest absolute Gasteiger partial charge is 0.447 e. The van der Waals surface area contributed by atoms with Gasteiger partial charge in [0.05, 0.1) is 0 Å². The molecule has 148 valence electrons. The number of aromatic nitrogens is 1. The first-order valence-corrected chi connectivity index (χ1v) is 9.20. The van der Waals surface area contributed by atoms with Crippen LogP contribution in [0.2, 0.25) is 0 Å². The molecule has 3 amide bonds. The van der Waals surface area contributed by atoms with Crippen LogP contribution in [0.4, 0.5) is 9.93 Å². The molecule has 1 saturated heterocycles. The lowest BCUT2D eigenvalue weighted by atomic mass is 9.99. The molecular weight excluding hydrogens is 408 g/mol. The fraction of sp³-hybridized carbons (Fsp3) is 0.364. The maximum atomic E-state index is 12.4. The molecule has 2 atom stereocenters. The summed E-state index contributed by atoms with van der Waals surface area (Å²) in [4.78, 5) is 43.6. The van der Waals surface area contributed by atoms with Crippen LogP contribution >= 0.6 is 11.3 Å². The number of anilines is 1. The van der Waals surface area contributed by atoms with Gasteiger partial charge in [0.15, 0.2) is 10.8 Å². The molecule has 0 radical (unpaired) electrons. The number of rotatable bonds is 7. The molecule has 6 N–H and O–H groups in total. The number of nitrogens with zero attached hydrogens (tertiary/aromatic N) is 3. The van der Waals surface area contributed by atoms with Gasteiger partial charge < -0.3 is 26.4 Å². The fourth-order valence-electron chi connectivity index (χ4n) is 2.19. The van der Waals surface area contributed by atoms with Crippen molar-refractivity contribution in [2.45, 2.75) is 12.1 Å². The number of nitrogen functional groups attached to an aromatic ring is 1. The van der Waals surface area contributed by atoms with Crippen molar-refractivity contribution in [2.75, 3.05) is 19.5 Å². The van der Waals surface area contributed by atoms with Crippen LogP contribution in [0.5, 0.6) is 0 Å². The summed E-state index contributed by atoms with van der Waals surface area (Å²) in [6, 6.07) is -2.86. The van der Waals surface area contributed by atoms with E-state index in [1.807, 2.05) is 0 Å². The Morgan fingerprint density at radius 2 is 2.19 bits per heavy atom. The highest BCUT2D eigenvalue weighted by atomic mass is 32.2. The van der Waals surface area contributed by atoms with Crippen LogP contribution in [0, 0.1) is 0 Å². The van der Waals surface area contributed by atoms with Crippen LogP contribution in [-0.2, 0) is 29.5 Å². The molecule has 16 heteroatoms. The van der Waals surface area contributed by atoms with Crippen LogP contribution in [0.1, 0.15) is 5.69 Å². The van der Waals surface area contributed by atoms with E-state index in [0.29, 0.717) is 0 Å². The molecule has 1 aliphatic heterocycles. The second-order valence-electron chi connectivity index (χ2n) is 4.95. The predicted molar refractivity (Wildman–Crippen MR) is 89.7 cm³/mol. The quantitative estimate of drug-likeness (QED) is 0.159. The van der Waals surface area contributed by atoms with E-state index in [0.717, 1.165) is 11.3 Å². The van der Waals surface area contributed by atoms with Crippen molar-refractivity contribution in [3.63, 3.8) is 0 Å². The highest BCUT2D eigenvalue weighted by molar-refractivity contribution is 7.84. The number of nitrogens with one attached hydrogen (secondary N) is 1. The van der Waals surface area contributed by atoms with Crippen molar-refractivity contribution in [3.8, 4) is 0 Å². The maximum absolute atomic E-state index is 12.4. The Kier molecular flexibility index (Phi) is 5.82. The van der Waals surface area contributed by atoms with Gasteiger partial charge in [-0.2, -0.15) is 8.42 Å². The van der Waals surface area contributed by atoms with E-state index in [1.54, 1.807) is 0 Å². The molecule has 0 aromatic carbocycles. The molecule has 1 aromatic heterocycles. The van der Waals surface area contributed by atoms with Crippen molar-refractivity contribution in [2.24, 2.45) is 10.9 Å². The van der Waals surface area contributed by atoms with Gasteiger partial charge in [0, 0.05) is 5.38 Å². The van der Waals surface area contributed by atoms with E-state index < -0.39 is 46.9 Å². The van der Waals surface area contributed by atoms with Gasteiger partial charge in [-0.15, -0.1) is 11.3 Å².